The molecular formula is C32H39F3N2O9. The lowest BCUT2D eigenvalue weighted by atomic mass is 9.96. The maximum atomic E-state index is 13.8. The van der Waals surface area contributed by atoms with Gasteiger partial charge in [-0.25, -0.2) is 14.6 Å². The van der Waals surface area contributed by atoms with Crippen LogP contribution in [0.4, 0.5) is 18.0 Å². The molecule has 0 aliphatic carbocycles. The van der Waals surface area contributed by atoms with E-state index in [0.29, 0.717) is 0 Å². The molecule has 2 unspecified atom stereocenters. The van der Waals surface area contributed by atoms with Gasteiger partial charge in [0.15, 0.2) is 24.5 Å². The van der Waals surface area contributed by atoms with Crippen molar-refractivity contribution in [1.82, 2.24) is 4.90 Å². The molecule has 2 fully saturated rings. The second-order valence-corrected chi connectivity index (χ2v) is 11.3. The molecule has 1 amide bonds. The van der Waals surface area contributed by atoms with Crippen molar-refractivity contribution in [2.24, 2.45) is 4.99 Å². The van der Waals surface area contributed by atoms with Crippen molar-refractivity contribution in [2.75, 3.05) is 14.2 Å². The molecule has 0 aromatic heterocycles. The number of benzene rings is 2. The molecule has 0 spiro atoms. The van der Waals surface area contributed by atoms with Crippen molar-refractivity contribution < 1.29 is 55.9 Å². The van der Waals surface area contributed by atoms with Gasteiger partial charge in [0.05, 0.1) is 13.2 Å². The molecule has 6 atom stereocenters. The average molecular weight is 653 g/mol. The number of hydrogen-bond donors (Lipinski definition) is 0. The van der Waals surface area contributed by atoms with Gasteiger partial charge in [-0.2, -0.15) is 0 Å². The number of esters is 1. The summed E-state index contributed by atoms with van der Waals surface area (Å²) in [5, 5.41) is 0. The molecule has 0 saturated carbocycles. The van der Waals surface area contributed by atoms with Gasteiger partial charge in [-0.15, -0.1) is 13.2 Å². The number of carbonyl (C=O) groups is 2. The molecule has 2 aliphatic rings. The molecule has 46 heavy (non-hydrogen) atoms. The SMILES string of the molecule is COC(=O)[C@H](CC[C@@H](C[C@H]1O[C@@H](OC)C2OC(C)(C)OC21)N(Cc1ccccc1)C(=O)OCc1ccccc1)N=COC(F)(F)F. The lowest BCUT2D eigenvalue weighted by molar-refractivity contribution is -0.280. The molecule has 2 aliphatic heterocycles. The molecule has 2 saturated heterocycles. The highest BCUT2D eigenvalue weighted by atomic mass is 19.4. The molecule has 0 radical (unpaired) electrons. The Morgan fingerprint density at radius 1 is 0.978 bits per heavy atom. The second-order valence-electron chi connectivity index (χ2n) is 11.3. The van der Waals surface area contributed by atoms with Crippen molar-refractivity contribution in [2.45, 2.75) is 95.1 Å². The Labute approximate surface area is 265 Å². The molecule has 2 aromatic carbocycles. The van der Waals surface area contributed by atoms with Crippen molar-refractivity contribution in [3.63, 3.8) is 0 Å². The van der Waals surface area contributed by atoms with E-state index in [-0.39, 0.29) is 38.8 Å². The lowest BCUT2D eigenvalue weighted by Crippen LogP contribution is -2.44. The van der Waals surface area contributed by atoms with E-state index < -0.39 is 60.9 Å². The van der Waals surface area contributed by atoms with Gasteiger partial charge < -0.3 is 38.1 Å². The number of alkyl halides is 3. The summed E-state index contributed by atoms with van der Waals surface area (Å²) in [7, 11) is 2.59. The monoisotopic (exact) mass is 652 g/mol. The molecule has 2 aromatic rings. The van der Waals surface area contributed by atoms with Crippen LogP contribution in [0.2, 0.25) is 0 Å². The Morgan fingerprint density at radius 3 is 2.22 bits per heavy atom. The minimum atomic E-state index is -4.98. The van der Waals surface area contributed by atoms with Crippen LogP contribution in [0.5, 0.6) is 0 Å². The van der Waals surface area contributed by atoms with Crippen molar-refractivity contribution >= 4 is 18.5 Å². The van der Waals surface area contributed by atoms with Crippen LogP contribution in [-0.2, 0) is 51.1 Å². The largest absolute Gasteiger partial charge is 0.573 e. The van der Waals surface area contributed by atoms with E-state index in [1.807, 2.05) is 60.7 Å². The first kappa shape index (κ1) is 35.1. The number of halogens is 3. The van der Waals surface area contributed by atoms with Crippen LogP contribution >= 0.6 is 0 Å². The summed E-state index contributed by atoms with van der Waals surface area (Å²) in [6.07, 6.45) is -7.70. The van der Waals surface area contributed by atoms with Crippen LogP contribution < -0.4 is 0 Å². The number of ether oxygens (including phenoxy) is 7. The van der Waals surface area contributed by atoms with Gasteiger partial charge in [0.1, 0.15) is 18.8 Å². The van der Waals surface area contributed by atoms with Gasteiger partial charge in [0, 0.05) is 19.7 Å². The Bertz CT molecular complexity index is 1300. The minimum Gasteiger partial charge on any atom is -0.467 e. The molecule has 14 heteroatoms. The topological polar surface area (TPSA) is 114 Å². The number of amides is 1. The standard InChI is InChI=1S/C32H39F3N2O9/c1-31(2)45-26-25(44-29(41-4)27(26)46-31)17-23(15-16-24(28(38)40-3)36-20-43-32(33,34)35)37(18-21-11-7-5-8-12-21)30(39)42-19-22-13-9-6-10-14-22/h5-14,20,23-27,29H,15-19H2,1-4H3/t23-,24-,25+,26?,27?,29+/m0/s1. The zero-order valence-electron chi connectivity index (χ0n) is 26.1. The quantitative estimate of drug-likeness (QED) is 0.151. The Balaban J connectivity index is 1.63. The number of rotatable bonds is 14. The van der Waals surface area contributed by atoms with E-state index >= 15 is 0 Å². The van der Waals surface area contributed by atoms with E-state index in [0.717, 1.165) is 18.2 Å². The van der Waals surface area contributed by atoms with Crippen LogP contribution in [-0.4, -0.2) is 86.4 Å². The highest BCUT2D eigenvalue weighted by Crippen LogP contribution is 2.41. The average Bonchev–Trinajstić information content (AvgIpc) is 3.52. The molecule has 0 N–H and O–H groups in total. The van der Waals surface area contributed by atoms with Gasteiger partial charge >= 0.3 is 18.4 Å². The van der Waals surface area contributed by atoms with Crippen molar-refractivity contribution in [3.8, 4) is 0 Å². The fourth-order valence-electron chi connectivity index (χ4n) is 5.52. The summed E-state index contributed by atoms with van der Waals surface area (Å²) in [5.41, 5.74) is 1.58. The molecule has 2 heterocycles. The number of hydrogen-bond acceptors (Lipinski definition) is 10. The highest BCUT2D eigenvalue weighted by molar-refractivity contribution is 5.77. The van der Waals surface area contributed by atoms with Gasteiger partial charge in [0.2, 0.25) is 0 Å². The Morgan fingerprint density at radius 2 is 1.61 bits per heavy atom. The normalized spacial score (nSPS) is 23.5. The van der Waals surface area contributed by atoms with Gasteiger partial charge in [-0.05, 0) is 44.2 Å². The number of carbonyl (C=O) groups excluding carboxylic acids is 2. The molecule has 0 bridgehead atoms. The van der Waals surface area contributed by atoms with Crippen molar-refractivity contribution in [3.05, 3.63) is 71.8 Å². The summed E-state index contributed by atoms with van der Waals surface area (Å²) < 4.78 is 75.9. The molecule has 11 nitrogen and oxygen atoms in total. The predicted molar refractivity (Wildman–Crippen MR) is 157 cm³/mol. The highest BCUT2D eigenvalue weighted by Gasteiger charge is 2.56. The molecule has 252 valence electrons. The summed E-state index contributed by atoms with van der Waals surface area (Å²) in [4.78, 5) is 31.5. The lowest BCUT2D eigenvalue weighted by Gasteiger charge is -2.34. The van der Waals surface area contributed by atoms with Crippen molar-refractivity contribution in [1.29, 1.82) is 0 Å². The zero-order chi connectivity index (χ0) is 33.3. The minimum absolute atomic E-state index is 0.00304. The zero-order valence-corrected chi connectivity index (χ0v) is 26.1. The van der Waals surface area contributed by atoms with Gasteiger partial charge in [0.25, 0.3) is 0 Å². The van der Waals surface area contributed by atoms with E-state index in [1.54, 1.807) is 13.8 Å². The van der Waals surface area contributed by atoms with Crippen LogP contribution in [0.25, 0.3) is 0 Å². The summed E-state index contributed by atoms with van der Waals surface area (Å²) in [6, 6.07) is 16.3. The Kier molecular flexibility index (Phi) is 12.0. The maximum absolute atomic E-state index is 13.8. The number of aliphatic imine (C=N–C) groups is 1. The predicted octanol–water partition coefficient (Wildman–Crippen LogP) is 5.36. The van der Waals surface area contributed by atoms with E-state index in [4.69, 9.17) is 28.4 Å². The third-order valence-corrected chi connectivity index (χ3v) is 7.59. The first-order valence-corrected chi connectivity index (χ1v) is 14.8. The smallest absolute Gasteiger partial charge is 0.467 e. The van der Waals surface area contributed by atoms with Gasteiger partial charge in [-0.1, -0.05) is 60.7 Å². The van der Waals surface area contributed by atoms with E-state index in [1.165, 1.54) is 12.0 Å². The fraction of sp³-hybridized carbons (Fsp3) is 0.531. The molecule has 4 rings (SSSR count). The maximum Gasteiger partial charge on any atom is 0.573 e. The second kappa shape index (κ2) is 15.7. The van der Waals surface area contributed by atoms with Gasteiger partial charge in [-0.3, -0.25) is 0 Å². The number of nitrogens with zero attached hydrogens (tertiary/aromatic N) is 2. The number of fused-ring (bicyclic) bond motifs is 1. The fourth-order valence-corrected chi connectivity index (χ4v) is 5.52. The van der Waals surface area contributed by atoms with Crippen LogP contribution in [0.3, 0.4) is 0 Å². The van der Waals surface area contributed by atoms with E-state index in [9.17, 15) is 22.8 Å². The summed E-state index contributed by atoms with van der Waals surface area (Å²) in [6.45, 7) is 3.68. The summed E-state index contributed by atoms with van der Waals surface area (Å²) in [5.74, 6) is -1.78. The number of methoxy groups -OCH3 is 2. The Hall–Kier alpha value is -3.72. The first-order valence-electron chi connectivity index (χ1n) is 14.8. The van der Waals surface area contributed by atoms with Crippen LogP contribution in [0.1, 0.15) is 44.2 Å². The summed E-state index contributed by atoms with van der Waals surface area (Å²) >= 11 is 0. The first-order chi connectivity index (χ1) is 21.9. The third-order valence-electron chi connectivity index (χ3n) is 7.59. The van der Waals surface area contributed by atoms with E-state index in [2.05, 4.69) is 9.73 Å². The molecular weight excluding hydrogens is 613 g/mol. The third kappa shape index (κ3) is 9.89. The van der Waals surface area contributed by atoms with Crippen LogP contribution in [0, 0.1) is 0 Å². The van der Waals surface area contributed by atoms with Crippen LogP contribution in [0.15, 0.2) is 65.7 Å².